The maximum atomic E-state index is 11.6. The van der Waals surface area contributed by atoms with Gasteiger partial charge in [-0.1, -0.05) is 0 Å². The molecule has 0 amide bonds. The standard InChI is InChI=1S/C13H24N2O2S/c1-10-7-12(8-15(10)13-4-5-13)14-11-3-2-6-18(16,17)9-11/h10-14H,2-9H2,1H3. The second kappa shape index (κ2) is 4.76. The van der Waals surface area contributed by atoms with Crippen molar-refractivity contribution in [2.45, 2.75) is 63.2 Å². The number of nitrogens with one attached hydrogen (secondary N) is 1. The molecule has 1 saturated carbocycles. The molecule has 3 aliphatic rings. The van der Waals surface area contributed by atoms with Crippen LogP contribution in [0.5, 0.6) is 0 Å². The van der Waals surface area contributed by atoms with E-state index in [1.807, 2.05) is 0 Å². The normalized spacial score (nSPS) is 41.1. The van der Waals surface area contributed by atoms with Gasteiger partial charge < -0.3 is 5.32 Å². The zero-order valence-corrected chi connectivity index (χ0v) is 12.0. The van der Waals surface area contributed by atoms with Gasteiger partial charge in [-0.05, 0) is 39.0 Å². The predicted molar refractivity (Wildman–Crippen MR) is 72.4 cm³/mol. The van der Waals surface area contributed by atoms with Crippen LogP contribution in [0.3, 0.4) is 0 Å². The summed E-state index contributed by atoms with van der Waals surface area (Å²) in [6.07, 6.45) is 5.74. The first kappa shape index (κ1) is 12.9. The lowest BCUT2D eigenvalue weighted by molar-refractivity contribution is 0.253. The fraction of sp³-hybridized carbons (Fsp3) is 1.00. The van der Waals surface area contributed by atoms with Gasteiger partial charge in [0, 0.05) is 30.7 Å². The average Bonchev–Trinajstić information content (AvgIpc) is 3.03. The summed E-state index contributed by atoms with van der Waals surface area (Å²) in [4.78, 5) is 2.61. The third kappa shape index (κ3) is 2.89. The molecule has 2 aliphatic heterocycles. The highest BCUT2D eigenvalue weighted by molar-refractivity contribution is 7.91. The van der Waals surface area contributed by atoms with Gasteiger partial charge in [-0.2, -0.15) is 0 Å². The Morgan fingerprint density at radius 1 is 1.17 bits per heavy atom. The van der Waals surface area contributed by atoms with Crippen LogP contribution in [0.2, 0.25) is 0 Å². The third-order valence-corrected chi connectivity index (χ3v) is 6.39. The fourth-order valence-electron chi connectivity index (χ4n) is 3.58. The van der Waals surface area contributed by atoms with Gasteiger partial charge >= 0.3 is 0 Å². The maximum Gasteiger partial charge on any atom is 0.151 e. The predicted octanol–water partition coefficient (Wildman–Crippen LogP) is 0.778. The van der Waals surface area contributed by atoms with Crippen molar-refractivity contribution in [1.82, 2.24) is 10.2 Å². The smallest absolute Gasteiger partial charge is 0.151 e. The Morgan fingerprint density at radius 2 is 1.94 bits per heavy atom. The van der Waals surface area contributed by atoms with Crippen LogP contribution < -0.4 is 5.32 Å². The second-order valence-electron chi connectivity index (χ2n) is 6.33. The Labute approximate surface area is 110 Å². The van der Waals surface area contributed by atoms with Crippen LogP contribution in [-0.4, -0.2) is 55.5 Å². The van der Waals surface area contributed by atoms with Crippen LogP contribution >= 0.6 is 0 Å². The number of sulfone groups is 1. The van der Waals surface area contributed by atoms with Gasteiger partial charge in [0.15, 0.2) is 9.84 Å². The van der Waals surface area contributed by atoms with Crippen molar-refractivity contribution < 1.29 is 8.42 Å². The Morgan fingerprint density at radius 3 is 2.61 bits per heavy atom. The Kier molecular flexibility index (Phi) is 3.41. The minimum Gasteiger partial charge on any atom is -0.309 e. The molecule has 1 aliphatic carbocycles. The summed E-state index contributed by atoms with van der Waals surface area (Å²) in [6, 6.07) is 2.18. The van der Waals surface area contributed by atoms with Gasteiger partial charge in [-0.15, -0.1) is 0 Å². The molecule has 0 aromatic rings. The van der Waals surface area contributed by atoms with Crippen molar-refractivity contribution in [1.29, 1.82) is 0 Å². The van der Waals surface area contributed by atoms with Crippen LogP contribution in [0, 0.1) is 0 Å². The van der Waals surface area contributed by atoms with Crippen LogP contribution in [-0.2, 0) is 9.84 Å². The zero-order valence-electron chi connectivity index (χ0n) is 11.1. The molecule has 104 valence electrons. The van der Waals surface area contributed by atoms with Crippen LogP contribution in [0.15, 0.2) is 0 Å². The highest BCUT2D eigenvalue weighted by Crippen LogP contribution is 2.33. The van der Waals surface area contributed by atoms with Crippen LogP contribution in [0.1, 0.15) is 39.0 Å². The average molecular weight is 272 g/mol. The molecule has 0 spiro atoms. The van der Waals surface area contributed by atoms with E-state index in [1.54, 1.807) is 0 Å². The van der Waals surface area contributed by atoms with Gasteiger partial charge in [0.05, 0.1) is 11.5 Å². The van der Waals surface area contributed by atoms with Crippen molar-refractivity contribution in [2.75, 3.05) is 18.1 Å². The van der Waals surface area contributed by atoms with Gasteiger partial charge in [0.2, 0.25) is 0 Å². The van der Waals surface area contributed by atoms with Gasteiger partial charge in [0.25, 0.3) is 0 Å². The molecule has 0 bridgehead atoms. The summed E-state index contributed by atoms with van der Waals surface area (Å²) in [7, 11) is -2.78. The lowest BCUT2D eigenvalue weighted by atomic mass is 10.1. The summed E-state index contributed by atoms with van der Waals surface area (Å²) in [5, 5.41) is 3.60. The monoisotopic (exact) mass is 272 g/mol. The van der Waals surface area contributed by atoms with E-state index in [0.717, 1.165) is 25.4 Å². The van der Waals surface area contributed by atoms with E-state index in [4.69, 9.17) is 0 Å². The SMILES string of the molecule is CC1CC(NC2CCCS(=O)(=O)C2)CN1C1CC1. The van der Waals surface area contributed by atoms with E-state index in [1.165, 1.54) is 19.3 Å². The molecule has 0 aromatic carbocycles. The topological polar surface area (TPSA) is 49.4 Å². The summed E-state index contributed by atoms with van der Waals surface area (Å²) in [5.74, 6) is 0.738. The molecule has 1 N–H and O–H groups in total. The summed E-state index contributed by atoms with van der Waals surface area (Å²) in [5.41, 5.74) is 0. The van der Waals surface area contributed by atoms with E-state index in [0.29, 0.717) is 23.6 Å². The quantitative estimate of drug-likeness (QED) is 0.825. The maximum absolute atomic E-state index is 11.6. The van der Waals surface area contributed by atoms with Crippen LogP contribution in [0.4, 0.5) is 0 Å². The van der Waals surface area contributed by atoms with Gasteiger partial charge in [-0.25, -0.2) is 8.42 Å². The van der Waals surface area contributed by atoms with Crippen molar-refractivity contribution >= 4 is 9.84 Å². The Hall–Kier alpha value is -0.130. The van der Waals surface area contributed by atoms with E-state index in [9.17, 15) is 8.42 Å². The number of rotatable bonds is 3. The highest BCUT2D eigenvalue weighted by atomic mass is 32.2. The molecule has 3 fully saturated rings. The Bertz CT molecular complexity index is 405. The van der Waals surface area contributed by atoms with Crippen LogP contribution in [0.25, 0.3) is 0 Å². The van der Waals surface area contributed by atoms with Gasteiger partial charge in [0.1, 0.15) is 0 Å². The molecule has 3 rings (SSSR count). The Balaban J connectivity index is 1.54. The van der Waals surface area contributed by atoms with Gasteiger partial charge in [-0.3, -0.25) is 4.90 Å². The van der Waals surface area contributed by atoms with E-state index in [2.05, 4.69) is 17.1 Å². The zero-order chi connectivity index (χ0) is 12.8. The van der Waals surface area contributed by atoms with E-state index < -0.39 is 9.84 Å². The molecule has 2 saturated heterocycles. The molecule has 18 heavy (non-hydrogen) atoms. The fourth-order valence-corrected chi connectivity index (χ4v) is 5.23. The summed E-state index contributed by atoms with van der Waals surface area (Å²) >= 11 is 0. The number of likely N-dealkylation sites (tertiary alicyclic amines) is 1. The lowest BCUT2D eigenvalue weighted by Gasteiger charge is -2.26. The molecule has 2 heterocycles. The molecular weight excluding hydrogens is 248 g/mol. The molecule has 3 unspecified atom stereocenters. The molecule has 4 nitrogen and oxygen atoms in total. The molecule has 5 heteroatoms. The first-order valence-electron chi connectivity index (χ1n) is 7.26. The third-order valence-electron chi connectivity index (χ3n) is 4.57. The second-order valence-corrected chi connectivity index (χ2v) is 8.56. The first-order valence-corrected chi connectivity index (χ1v) is 9.08. The van der Waals surface area contributed by atoms with Crippen molar-refractivity contribution in [3.63, 3.8) is 0 Å². The minimum absolute atomic E-state index is 0.195. The summed E-state index contributed by atoms with van der Waals surface area (Å²) < 4.78 is 23.3. The molecule has 0 radical (unpaired) electrons. The van der Waals surface area contributed by atoms with E-state index in [-0.39, 0.29) is 6.04 Å². The van der Waals surface area contributed by atoms with Crippen molar-refractivity contribution in [3.05, 3.63) is 0 Å². The molecule has 3 atom stereocenters. The van der Waals surface area contributed by atoms with Crippen molar-refractivity contribution in [3.8, 4) is 0 Å². The number of hydrogen-bond acceptors (Lipinski definition) is 4. The number of hydrogen-bond donors (Lipinski definition) is 1. The minimum atomic E-state index is -2.78. The van der Waals surface area contributed by atoms with Crippen molar-refractivity contribution in [2.24, 2.45) is 0 Å². The summed E-state index contributed by atoms with van der Waals surface area (Å²) in [6.45, 7) is 3.42. The molecule has 0 aromatic heterocycles. The first-order chi connectivity index (χ1) is 8.53. The molecular formula is C13H24N2O2S. The largest absolute Gasteiger partial charge is 0.309 e. The van der Waals surface area contributed by atoms with E-state index >= 15 is 0 Å². The highest BCUT2D eigenvalue weighted by Gasteiger charge is 2.39. The number of nitrogens with zero attached hydrogens (tertiary/aromatic N) is 1. The lowest BCUT2D eigenvalue weighted by Crippen LogP contribution is -2.46.